The number of anilines is 1. The zero-order valence-electron chi connectivity index (χ0n) is 23.5. The highest BCUT2D eigenvalue weighted by atomic mass is 28.4. The molecule has 1 saturated heterocycles. The topological polar surface area (TPSA) is 120 Å². The molecule has 5 atom stereocenters. The number of ether oxygens (including phenoxy) is 3. The molecule has 1 heterocycles. The molecule has 1 aliphatic heterocycles. The van der Waals surface area contributed by atoms with Crippen LogP contribution in [0.25, 0.3) is 0 Å². The van der Waals surface area contributed by atoms with E-state index in [-0.39, 0.29) is 42.4 Å². The number of carbonyl (C=O) groups excluding carboxylic acids is 2. The van der Waals surface area contributed by atoms with Gasteiger partial charge in [-0.25, -0.2) is 0 Å². The molecule has 2 rings (SSSR count). The van der Waals surface area contributed by atoms with Crippen LogP contribution in [0.15, 0.2) is 18.2 Å². The number of carboxylic acid groups (broad SMARTS) is 1. The van der Waals surface area contributed by atoms with E-state index in [0.717, 1.165) is 0 Å². The number of hydrogen-bond acceptors (Lipinski definition) is 7. The quantitative estimate of drug-likeness (QED) is 0.303. The fourth-order valence-electron chi connectivity index (χ4n) is 3.77. The van der Waals surface area contributed by atoms with Crippen LogP contribution in [0, 0.1) is 11.8 Å². The minimum atomic E-state index is -2.11. The van der Waals surface area contributed by atoms with Gasteiger partial charge in [0.2, 0.25) is 12.2 Å². The van der Waals surface area contributed by atoms with Crippen molar-refractivity contribution >= 4 is 31.9 Å². The van der Waals surface area contributed by atoms with Gasteiger partial charge in [0, 0.05) is 30.5 Å². The van der Waals surface area contributed by atoms with Gasteiger partial charge in [0.05, 0.1) is 19.1 Å². The molecule has 1 fully saturated rings. The summed E-state index contributed by atoms with van der Waals surface area (Å²) in [7, 11) is -2.11. The Hall–Kier alpha value is -2.43. The molecule has 1 aromatic rings. The molecule has 2 unspecified atom stereocenters. The van der Waals surface area contributed by atoms with E-state index in [2.05, 4.69) is 46.1 Å². The predicted octanol–water partition coefficient (Wildman–Crippen LogP) is 5.34. The van der Waals surface area contributed by atoms with Crippen LogP contribution in [0.4, 0.5) is 5.69 Å². The van der Waals surface area contributed by atoms with Gasteiger partial charge in [-0.2, -0.15) is 0 Å². The Labute approximate surface area is 221 Å². The first kappa shape index (κ1) is 30.8. The van der Waals surface area contributed by atoms with Crippen molar-refractivity contribution in [2.45, 2.75) is 105 Å². The molecule has 0 aliphatic carbocycles. The number of hydrogen-bond donors (Lipinski definition) is 2. The lowest BCUT2D eigenvalue weighted by molar-refractivity contribution is -0.243. The smallest absolute Gasteiger partial charge is 0.303 e. The monoisotopic (exact) mass is 537 g/mol. The van der Waals surface area contributed by atoms with Crippen LogP contribution in [-0.2, 0) is 34.9 Å². The van der Waals surface area contributed by atoms with Crippen molar-refractivity contribution in [1.29, 1.82) is 0 Å². The maximum atomic E-state index is 12.2. The summed E-state index contributed by atoms with van der Waals surface area (Å²) < 4.78 is 24.5. The molecule has 10 heteroatoms. The number of aliphatic carboxylic acids is 1. The van der Waals surface area contributed by atoms with Gasteiger partial charge in [0.25, 0.3) is 0 Å². The van der Waals surface area contributed by atoms with E-state index < -0.39 is 38.6 Å². The van der Waals surface area contributed by atoms with E-state index >= 15 is 0 Å². The summed E-state index contributed by atoms with van der Waals surface area (Å²) >= 11 is 0. The van der Waals surface area contributed by atoms with Crippen LogP contribution in [0.1, 0.15) is 66.9 Å². The van der Waals surface area contributed by atoms with Crippen LogP contribution in [0.3, 0.4) is 0 Å². The molecule has 0 aromatic heterocycles. The summed E-state index contributed by atoms with van der Waals surface area (Å²) in [5.74, 6) is -1.16. The van der Waals surface area contributed by atoms with E-state index in [4.69, 9.17) is 23.7 Å². The maximum Gasteiger partial charge on any atom is 0.303 e. The van der Waals surface area contributed by atoms with Gasteiger partial charge in [-0.3, -0.25) is 14.4 Å². The van der Waals surface area contributed by atoms with Gasteiger partial charge >= 0.3 is 11.9 Å². The van der Waals surface area contributed by atoms with Crippen LogP contribution in [-0.4, -0.2) is 49.8 Å². The van der Waals surface area contributed by atoms with E-state index in [1.165, 1.54) is 6.92 Å². The summed E-state index contributed by atoms with van der Waals surface area (Å²) in [5.41, 5.74) is 1.21. The molecule has 208 valence electrons. The highest BCUT2D eigenvalue weighted by Crippen LogP contribution is 2.39. The van der Waals surface area contributed by atoms with Gasteiger partial charge in [-0.1, -0.05) is 34.6 Å². The first-order chi connectivity index (χ1) is 17.0. The molecule has 0 radical (unpaired) electrons. The Bertz CT molecular complexity index is 974. The summed E-state index contributed by atoms with van der Waals surface area (Å²) in [4.78, 5) is 34.9. The van der Waals surface area contributed by atoms with Crippen LogP contribution >= 0.6 is 0 Å². The Morgan fingerprint density at radius 2 is 1.73 bits per heavy atom. The molecule has 0 spiro atoms. The molecule has 2 N–H and O–H groups in total. The molecular formula is C27H43NO8Si. The van der Waals surface area contributed by atoms with Crippen LogP contribution in [0.5, 0.6) is 5.75 Å². The summed E-state index contributed by atoms with van der Waals surface area (Å²) in [6, 6.07) is 5.17. The van der Waals surface area contributed by atoms with Gasteiger partial charge < -0.3 is 29.1 Å². The number of carboxylic acids is 1. The second kappa shape index (κ2) is 12.4. The SMILES string of the molecule is CC(=O)OC1[C@H](Oc2ccc(NC(=O)CCC(=O)O)cc2CO[Si](C)(C)C(C)(C)C)OC(C)[C@@H](C)[C@@H]1C. The number of rotatable bonds is 10. The van der Waals surface area contributed by atoms with E-state index in [1.54, 1.807) is 18.2 Å². The summed E-state index contributed by atoms with van der Waals surface area (Å²) in [5, 5.41) is 11.6. The minimum absolute atomic E-state index is 0.00934. The molecule has 9 nitrogen and oxygen atoms in total. The van der Waals surface area contributed by atoms with Crippen LogP contribution < -0.4 is 10.1 Å². The van der Waals surface area contributed by atoms with Crippen molar-refractivity contribution in [1.82, 2.24) is 0 Å². The third kappa shape index (κ3) is 8.54. The Kier molecular flexibility index (Phi) is 10.3. The van der Waals surface area contributed by atoms with Crippen molar-refractivity contribution in [3.05, 3.63) is 23.8 Å². The van der Waals surface area contributed by atoms with E-state index in [9.17, 15) is 14.4 Å². The molecule has 37 heavy (non-hydrogen) atoms. The fourth-order valence-corrected chi connectivity index (χ4v) is 4.71. The normalized spacial score (nSPS) is 24.3. The molecular weight excluding hydrogens is 494 g/mol. The van der Waals surface area contributed by atoms with Crippen molar-refractivity contribution in [3.8, 4) is 5.75 Å². The summed E-state index contributed by atoms with van der Waals surface area (Å²) in [6.07, 6.45) is -1.88. The molecule has 1 amide bonds. The minimum Gasteiger partial charge on any atom is -0.481 e. The number of carbonyl (C=O) groups is 3. The first-order valence-electron chi connectivity index (χ1n) is 12.8. The first-order valence-corrected chi connectivity index (χ1v) is 15.7. The Morgan fingerprint density at radius 1 is 1.08 bits per heavy atom. The standard InChI is InChI=1S/C27H43NO8Si/c1-16-17(2)25(35-19(4)29)26(34-18(16)3)36-22-11-10-21(28-23(30)12-13-24(31)32)14-20(22)15-33-37(8,9)27(5,6)7/h10-11,14,16-18,25-26H,12-13,15H2,1-9H3,(H,28,30)(H,31,32)/t16-,17-,18?,25?,26-/m0/s1. The number of amides is 1. The number of nitrogens with one attached hydrogen (secondary N) is 1. The Balaban J connectivity index is 2.36. The number of benzene rings is 1. The average Bonchev–Trinajstić information content (AvgIpc) is 2.77. The van der Waals surface area contributed by atoms with Crippen LogP contribution in [0.2, 0.25) is 18.1 Å². The van der Waals surface area contributed by atoms with E-state index in [1.807, 2.05) is 13.8 Å². The largest absolute Gasteiger partial charge is 0.481 e. The molecule has 1 aliphatic rings. The van der Waals surface area contributed by atoms with E-state index in [0.29, 0.717) is 17.0 Å². The second-order valence-electron chi connectivity index (χ2n) is 11.4. The van der Waals surface area contributed by atoms with Crippen molar-refractivity contribution in [2.75, 3.05) is 5.32 Å². The highest BCUT2D eigenvalue weighted by molar-refractivity contribution is 6.74. The van der Waals surface area contributed by atoms with Gasteiger partial charge in [0.15, 0.2) is 14.4 Å². The zero-order valence-corrected chi connectivity index (χ0v) is 24.5. The summed E-state index contributed by atoms with van der Waals surface area (Å²) in [6.45, 7) is 18.4. The lowest BCUT2D eigenvalue weighted by Crippen LogP contribution is -2.52. The van der Waals surface area contributed by atoms with Gasteiger partial charge in [-0.15, -0.1) is 0 Å². The maximum absolute atomic E-state index is 12.2. The van der Waals surface area contributed by atoms with Gasteiger partial charge in [0.1, 0.15) is 5.75 Å². The van der Waals surface area contributed by atoms with Crippen molar-refractivity contribution in [2.24, 2.45) is 11.8 Å². The zero-order chi connectivity index (χ0) is 28.1. The van der Waals surface area contributed by atoms with Gasteiger partial charge in [-0.05, 0) is 49.2 Å². The number of esters is 1. The average molecular weight is 538 g/mol. The fraction of sp³-hybridized carbons (Fsp3) is 0.667. The second-order valence-corrected chi connectivity index (χ2v) is 16.2. The third-order valence-corrected chi connectivity index (χ3v) is 12.0. The molecule has 0 saturated carbocycles. The van der Waals surface area contributed by atoms with Crippen molar-refractivity contribution in [3.63, 3.8) is 0 Å². The lowest BCUT2D eigenvalue weighted by atomic mass is 9.84. The Morgan fingerprint density at radius 3 is 2.30 bits per heavy atom. The molecule has 1 aromatic carbocycles. The highest BCUT2D eigenvalue weighted by Gasteiger charge is 2.43. The third-order valence-electron chi connectivity index (χ3n) is 7.56. The lowest BCUT2D eigenvalue weighted by Gasteiger charge is -2.42. The predicted molar refractivity (Wildman–Crippen MR) is 143 cm³/mol. The van der Waals surface area contributed by atoms with Crippen molar-refractivity contribution < 1.29 is 38.1 Å². The molecule has 0 bridgehead atoms.